The fourth-order valence-corrected chi connectivity index (χ4v) is 2.90. The summed E-state index contributed by atoms with van der Waals surface area (Å²) >= 11 is 0. The second-order valence-corrected chi connectivity index (χ2v) is 5.50. The van der Waals surface area contributed by atoms with E-state index in [9.17, 15) is 4.79 Å². The lowest BCUT2D eigenvalue weighted by Gasteiger charge is -2.25. The van der Waals surface area contributed by atoms with Gasteiger partial charge in [0.15, 0.2) is 0 Å². The summed E-state index contributed by atoms with van der Waals surface area (Å²) in [6, 6.07) is 11.8. The predicted molar refractivity (Wildman–Crippen MR) is 102 cm³/mol. The van der Waals surface area contributed by atoms with Crippen molar-refractivity contribution in [2.75, 3.05) is 18.4 Å². The summed E-state index contributed by atoms with van der Waals surface area (Å²) < 4.78 is 0. The van der Waals surface area contributed by atoms with E-state index in [0.29, 0.717) is 13.1 Å². The molecule has 0 unspecified atom stereocenters. The van der Waals surface area contributed by atoms with Crippen molar-refractivity contribution in [1.29, 1.82) is 0 Å². The number of fused-ring (bicyclic) bond motifs is 1. The van der Waals surface area contributed by atoms with Crippen molar-refractivity contribution in [1.82, 2.24) is 9.88 Å². The van der Waals surface area contributed by atoms with E-state index in [4.69, 9.17) is 0 Å². The molecular formula is C18H23Cl2N3O. The second kappa shape index (κ2) is 9.50. The van der Waals surface area contributed by atoms with Crippen molar-refractivity contribution >= 4 is 36.4 Å². The van der Waals surface area contributed by atoms with Crippen molar-refractivity contribution in [2.24, 2.45) is 0 Å². The molecule has 0 saturated heterocycles. The number of carbonyl (C=O) groups excluding carboxylic acids is 1. The third kappa shape index (κ3) is 4.40. The van der Waals surface area contributed by atoms with Crippen LogP contribution in [-0.4, -0.2) is 28.9 Å². The molecule has 0 spiro atoms. The molecule has 2 aromatic rings. The minimum Gasteiger partial charge on any atom is -0.385 e. The van der Waals surface area contributed by atoms with Gasteiger partial charge < -0.3 is 10.2 Å². The summed E-state index contributed by atoms with van der Waals surface area (Å²) in [6.45, 7) is 4.21. The van der Waals surface area contributed by atoms with Crippen LogP contribution >= 0.6 is 24.8 Å². The molecule has 1 aromatic carbocycles. The van der Waals surface area contributed by atoms with Crippen molar-refractivity contribution in [3.63, 3.8) is 0 Å². The molecule has 0 atom stereocenters. The number of nitrogens with zero attached hydrogens (tertiary/aromatic N) is 2. The minimum absolute atomic E-state index is 0. The molecule has 1 N–H and O–H groups in total. The van der Waals surface area contributed by atoms with Gasteiger partial charge in [0.2, 0.25) is 0 Å². The molecule has 3 rings (SSSR count). The lowest BCUT2D eigenvalue weighted by molar-refractivity contribution is 0.0749. The number of pyridine rings is 1. The topological polar surface area (TPSA) is 45.2 Å². The molecular weight excluding hydrogens is 345 g/mol. The number of carbonyl (C=O) groups is 1. The number of rotatable bonds is 4. The smallest absolute Gasteiger partial charge is 0.254 e. The summed E-state index contributed by atoms with van der Waals surface area (Å²) in [5.74, 6) is 0.0914. The van der Waals surface area contributed by atoms with E-state index in [0.717, 1.165) is 41.9 Å². The SMILES string of the molecule is CCN(Cc1ccccn1)C(=O)c1cccc2c1CCCN2.Cl.Cl. The zero-order chi connectivity index (χ0) is 15.4. The maximum atomic E-state index is 12.9. The van der Waals surface area contributed by atoms with E-state index in [1.807, 2.05) is 42.2 Å². The van der Waals surface area contributed by atoms with Crippen molar-refractivity contribution in [3.05, 3.63) is 59.4 Å². The van der Waals surface area contributed by atoms with Crippen LogP contribution in [0.25, 0.3) is 0 Å². The fraction of sp³-hybridized carbons (Fsp3) is 0.333. The highest BCUT2D eigenvalue weighted by Crippen LogP contribution is 2.26. The number of benzene rings is 1. The van der Waals surface area contributed by atoms with Gasteiger partial charge in [0.25, 0.3) is 5.91 Å². The van der Waals surface area contributed by atoms with Crippen LogP contribution in [0, 0.1) is 0 Å². The quantitative estimate of drug-likeness (QED) is 0.889. The van der Waals surface area contributed by atoms with E-state index < -0.39 is 0 Å². The molecule has 0 radical (unpaired) electrons. The van der Waals surface area contributed by atoms with E-state index in [1.165, 1.54) is 0 Å². The minimum atomic E-state index is 0. The van der Waals surface area contributed by atoms with Gasteiger partial charge in [-0.05, 0) is 49.6 Å². The number of hydrogen-bond donors (Lipinski definition) is 1. The van der Waals surface area contributed by atoms with Crippen molar-refractivity contribution in [3.8, 4) is 0 Å². The average Bonchev–Trinajstić information content (AvgIpc) is 2.59. The summed E-state index contributed by atoms with van der Waals surface area (Å²) in [4.78, 5) is 19.1. The highest BCUT2D eigenvalue weighted by Gasteiger charge is 2.21. The lowest BCUT2D eigenvalue weighted by Crippen LogP contribution is -2.32. The van der Waals surface area contributed by atoms with E-state index in [1.54, 1.807) is 6.20 Å². The fourth-order valence-electron chi connectivity index (χ4n) is 2.90. The summed E-state index contributed by atoms with van der Waals surface area (Å²) in [7, 11) is 0. The van der Waals surface area contributed by atoms with Crippen LogP contribution in [0.5, 0.6) is 0 Å². The molecule has 130 valence electrons. The zero-order valence-electron chi connectivity index (χ0n) is 13.7. The number of halogens is 2. The number of hydrogen-bond acceptors (Lipinski definition) is 3. The van der Waals surface area contributed by atoms with Gasteiger partial charge in [-0.25, -0.2) is 0 Å². The van der Waals surface area contributed by atoms with Gasteiger partial charge >= 0.3 is 0 Å². The van der Waals surface area contributed by atoms with Crippen LogP contribution in [0.15, 0.2) is 42.6 Å². The molecule has 6 heteroatoms. The van der Waals surface area contributed by atoms with Crippen LogP contribution in [0.4, 0.5) is 5.69 Å². The summed E-state index contributed by atoms with van der Waals surface area (Å²) in [5.41, 5.74) is 3.99. The summed E-state index contributed by atoms with van der Waals surface area (Å²) in [6.07, 6.45) is 3.80. The van der Waals surface area contributed by atoms with E-state index in [-0.39, 0.29) is 30.7 Å². The Kier molecular flexibility index (Phi) is 8.02. The van der Waals surface area contributed by atoms with Gasteiger partial charge in [-0.15, -0.1) is 24.8 Å². The lowest BCUT2D eigenvalue weighted by atomic mass is 9.96. The molecule has 1 aliphatic heterocycles. The van der Waals surface area contributed by atoms with Gasteiger partial charge in [0.1, 0.15) is 0 Å². The van der Waals surface area contributed by atoms with Crippen LogP contribution in [0.2, 0.25) is 0 Å². The first-order valence-corrected chi connectivity index (χ1v) is 7.84. The number of amides is 1. The first kappa shape index (κ1) is 20.3. The molecule has 24 heavy (non-hydrogen) atoms. The second-order valence-electron chi connectivity index (χ2n) is 5.50. The highest BCUT2D eigenvalue weighted by molar-refractivity contribution is 5.97. The van der Waals surface area contributed by atoms with Crippen molar-refractivity contribution < 1.29 is 4.79 Å². The highest BCUT2D eigenvalue weighted by atomic mass is 35.5. The Bertz CT molecular complexity index is 665. The Morgan fingerprint density at radius 3 is 2.75 bits per heavy atom. The van der Waals surface area contributed by atoms with E-state index in [2.05, 4.69) is 16.4 Å². The molecule has 1 aliphatic rings. The molecule has 1 amide bonds. The van der Waals surface area contributed by atoms with Gasteiger partial charge in [0.05, 0.1) is 12.2 Å². The Hall–Kier alpha value is -1.78. The standard InChI is InChI=1S/C18H21N3O.2ClH/c1-2-21(13-14-7-3-4-11-19-14)18(22)16-8-5-10-17-15(16)9-6-12-20-17;;/h3-5,7-8,10-11,20H,2,6,9,12-13H2,1H3;2*1H. The predicted octanol–water partition coefficient (Wildman–Crippen LogP) is 3.95. The third-order valence-electron chi connectivity index (χ3n) is 4.07. The Labute approximate surface area is 155 Å². The third-order valence-corrected chi connectivity index (χ3v) is 4.07. The Morgan fingerprint density at radius 2 is 2.04 bits per heavy atom. The first-order valence-electron chi connectivity index (χ1n) is 7.84. The van der Waals surface area contributed by atoms with Gasteiger partial charge in [-0.2, -0.15) is 0 Å². The average molecular weight is 368 g/mol. The largest absolute Gasteiger partial charge is 0.385 e. The summed E-state index contributed by atoms with van der Waals surface area (Å²) in [5, 5.41) is 3.38. The number of nitrogens with one attached hydrogen (secondary N) is 1. The molecule has 0 bridgehead atoms. The van der Waals surface area contributed by atoms with Gasteiger partial charge in [-0.1, -0.05) is 12.1 Å². The van der Waals surface area contributed by atoms with Crippen molar-refractivity contribution in [2.45, 2.75) is 26.3 Å². The molecule has 0 fully saturated rings. The maximum Gasteiger partial charge on any atom is 0.254 e. The van der Waals surface area contributed by atoms with Crippen LogP contribution < -0.4 is 5.32 Å². The van der Waals surface area contributed by atoms with Gasteiger partial charge in [0, 0.05) is 30.5 Å². The zero-order valence-corrected chi connectivity index (χ0v) is 15.3. The Balaban J connectivity index is 0.00000144. The van der Waals surface area contributed by atoms with Crippen LogP contribution in [0.3, 0.4) is 0 Å². The van der Waals surface area contributed by atoms with Crippen LogP contribution in [-0.2, 0) is 13.0 Å². The maximum absolute atomic E-state index is 12.9. The normalized spacial score (nSPS) is 12.0. The molecule has 1 aromatic heterocycles. The van der Waals surface area contributed by atoms with E-state index >= 15 is 0 Å². The number of anilines is 1. The molecule has 0 saturated carbocycles. The number of aromatic nitrogens is 1. The van der Waals surface area contributed by atoms with Gasteiger partial charge in [-0.3, -0.25) is 9.78 Å². The Morgan fingerprint density at radius 1 is 1.21 bits per heavy atom. The van der Waals surface area contributed by atoms with Crippen LogP contribution in [0.1, 0.15) is 35.0 Å². The molecule has 0 aliphatic carbocycles. The monoisotopic (exact) mass is 367 g/mol. The molecule has 4 nitrogen and oxygen atoms in total. The first-order chi connectivity index (χ1) is 10.8. The molecule has 2 heterocycles.